The molecule has 0 aliphatic heterocycles. The number of allylic oxidation sites excluding steroid dienone is 2. The molecule has 0 radical (unpaired) electrons. The van der Waals surface area contributed by atoms with Crippen LogP contribution < -0.4 is 10.1 Å². The van der Waals surface area contributed by atoms with Crippen molar-refractivity contribution in [3.63, 3.8) is 0 Å². The van der Waals surface area contributed by atoms with E-state index in [1.807, 2.05) is 19.9 Å². The number of hydrogen-bond acceptors (Lipinski definition) is 9. The fraction of sp³-hybridized carbons (Fsp3) is 0.605. The minimum atomic E-state index is -2.89. The van der Waals surface area contributed by atoms with Gasteiger partial charge < -0.3 is 30.1 Å². The van der Waals surface area contributed by atoms with Crippen LogP contribution in [-0.4, -0.2) is 76.7 Å². The van der Waals surface area contributed by atoms with Gasteiger partial charge in [0.25, 0.3) is 0 Å². The van der Waals surface area contributed by atoms with Crippen molar-refractivity contribution in [2.45, 2.75) is 122 Å². The standard InChI is InChI=1S/C38H57NO10/c1-5-6-7-10-13-16-30(41)17-14-11-8-9-12-15-18-33(38(47,37(45)46)26-31(42)27-40)35(43)39-34(36(44)48-4)25-29-19-21-32(22-20-29)49-24-23-28(2)3/h15,18-23,33-34,40,47H,5-14,16-17,24-27H2,1-4H3,(H,39,43)(H,45,46)/b18-15+/t33-,34+,38+/m1/s1. The third-order valence-corrected chi connectivity index (χ3v) is 8.18. The van der Waals surface area contributed by atoms with Gasteiger partial charge in [0, 0.05) is 25.7 Å². The van der Waals surface area contributed by atoms with E-state index in [-0.39, 0.29) is 12.2 Å². The molecule has 0 saturated carbocycles. The van der Waals surface area contributed by atoms with Crippen LogP contribution in [0.5, 0.6) is 5.75 Å². The van der Waals surface area contributed by atoms with Gasteiger partial charge in [-0.1, -0.05) is 75.3 Å². The van der Waals surface area contributed by atoms with Gasteiger partial charge in [0.05, 0.1) is 13.0 Å². The summed E-state index contributed by atoms with van der Waals surface area (Å²) in [6.45, 7) is 5.45. The fourth-order valence-corrected chi connectivity index (χ4v) is 5.22. The zero-order chi connectivity index (χ0) is 36.7. The van der Waals surface area contributed by atoms with Crippen LogP contribution in [-0.2, 0) is 35.1 Å². The van der Waals surface area contributed by atoms with Crippen molar-refractivity contribution in [2.24, 2.45) is 5.92 Å². The van der Waals surface area contributed by atoms with E-state index in [0.717, 1.165) is 51.2 Å². The number of carbonyl (C=O) groups excluding carboxylic acids is 4. The number of aliphatic carboxylic acids is 1. The maximum absolute atomic E-state index is 13.6. The number of nitrogens with one attached hydrogen (secondary N) is 1. The van der Waals surface area contributed by atoms with E-state index in [9.17, 15) is 39.3 Å². The van der Waals surface area contributed by atoms with Crippen LogP contribution in [0.4, 0.5) is 0 Å². The van der Waals surface area contributed by atoms with Crippen molar-refractivity contribution in [1.82, 2.24) is 5.32 Å². The third-order valence-electron chi connectivity index (χ3n) is 8.18. The SMILES string of the molecule is CCCCCCCC(=O)CCCCCC/C=C/[C@H](C(=O)N[C@@H](Cc1ccc(OCC=C(C)C)cc1)C(=O)OC)[C@@](O)(CC(=O)CO)C(=O)O. The lowest BCUT2D eigenvalue weighted by atomic mass is 9.81. The Morgan fingerprint density at radius 2 is 1.51 bits per heavy atom. The number of carboxylic acids is 1. The molecular formula is C38H57NO10. The summed E-state index contributed by atoms with van der Waals surface area (Å²) in [5.74, 6) is -5.48. The number of carboxylic acid groups (broad SMARTS) is 1. The molecule has 0 aliphatic rings. The molecule has 0 unspecified atom stereocenters. The molecule has 0 heterocycles. The second-order valence-electron chi connectivity index (χ2n) is 12.7. The molecule has 1 amide bonds. The number of benzene rings is 1. The van der Waals surface area contributed by atoms with Gasteiger partial charge >= 0.3 is 11.9 Å². The van der Waals surface area contributed by atoms with Gasteiger partial charge in [-0.15, -0.1) is 0 Å². The second-order valence-corrected chi connectivity index (χ2v) is 12.7. The van der Waals surface area contributed by atoms with Gasteiger partial charge in [-0.2, -0.15) is 0 Å². The Morgan fingerprint density at radius 1 is 0.898 bits per heavy atom. The quantitative estimate of drug-likeness (QED) is 0.0529. The largest absolute Gasteiger partial charge is 0.490 e. The number of aliphatic hydroxyl groups excluding tert-OH is 1. The molecule has 0 aromatic heterocycles. The first-order chi connectivity index (χ1) is 23.4. The summed E-state index contributed by atoms with van der Waals surface area (Å²) >= 11 is 0. The fourth-order valence-electron chi connectivity index (χ4n) is 5.22. The number of methoxy groups -OCH3 is 1. The topological polar surface area (TPSA) is 177 Å². The molecule has 11 nitrogen and oxygen atoms in total. The number of ether oxygens (including phenoxy) is 2. The average Bonchev–Trinajstić information content (AvgIpc) is 3.07. The summed E-state index contributed by atoms with van der Waals surface area (Å²) in [4.78, 5) is 62.7. The molecule has 49 heavy (non-hydrogen) atoms. The van der Waals surface area contributed by atoms with E-state index in [0.29, 0.717) is 43.6 Å². The van der Waals surface area contributed by atoms with Gasteiger partial charge in [0.15, 0.2) is 11.4 Å². The average molecular weight is 688 g/mol. The lowest BCUT2D eigenvalue weighted by molar-refractivity contribution is -0.169. The van der Waals surface area contributed by atoms with Crippen molar-refractivity contribution in [1.29, 1.82) is 0 Å². The summed E-state index contributed by atoms with van der Waals surface area (Å²) in [7, 11) is 1.15. The highest BCUT2D eigenvalue weighted by atomic mass is 16.5. The summed E-state index contributed by atoms with van der Waals surface area (Å²) in [5, 5.41) is 32.9. The van der Waals surface area contributed by atoms with Crippen LogP contribution in [0.2, 0.25) is 0 Å². The van der Waals surface area contributed by atoms with Crippen LogP contribution >= 0.6 is 0 Å². The van der Waals surface area contributed by atoms with Crippen molar-refractivity contribution in [3.05, 3.63) is 53.6 Å². The number of carbonyl (C=O) groups is 5. The minimum absolute atomic E-state index is 0.00840. The highest BCUT2D eigenvalue weighted by Crippen LogP contribution is 2.26. The maximum atomic E-state index is 13.6. The van der Waals surface area contributed by atoms with Crippen LogP contribution in [0.1, 0.15) is 110 Å². The summed E-state index contributed by atoms with van der Waals surface area (Å²) in [6.07, 6.45) is 14.0. The van der Waals surface area contributed by atoms with Crippen LogP contribution in [0.25, 0.3) is 0 Å². The smallest absolute Gasteiger partial charge is 0.337 e. The molecule has 1 aromatic rings. The number of unbranched alkanes of at least 4 members (excludes halogenated alkanes) is 8. The van der Waals surface area contributed by atoms with Crippen molar-refractivity contribution < 1.29 is 48.8 Å². The Labute approximate surface area is 291 Å². The monoisotopic (exact) mass is 687 g/mol. The predicted octanol–water partition coefficient (Wildman–Crippen LogP) is 5.44. The zero-order valence-electron chi connectivity index (χ0n) is 29.7. The Bertz CT molecular complexity index is 1240. The summed E-state index contributed by atoms with van der Waals surface area (Å²) in [5.41, 5.74) is -1.13. The third kappa shape index (κ3) is 17.4. The van der Waals surface area contributed by atoms with Crippen LogP contribution in [0.15, 0.2) is 48.1 Å². The van der Waals surface area contributed by atoms with Crippen LogP contribution in [0.3, 0.4) is 0 Å². The lowest BCUT2D eigenvalue weighted by Gasteiger charge is -2.30. The minimum Gasteiger partial charge on any atom is -0.490 e. The van der Waals surface area contributed by atoms with Crippen LogP contribution in [0, 0.1) is 5.92 Å². The predicted molar refractivity (Wildman–Crippen MR) is 187 cm³/mol. The number of rotatable bonds is 27. The Hall–Kier alpha value is -3.83. The summed E-state index contributed by atoms with van der Waals surface area (Å²) < 4.78 is 10.5. The number of hydrogen-bond donors (Lipinski definition) is 4. The van der Waals surface area contributed by atoms with Crippen molar-refractivity contribution >= 4 is 29.4 Å². The molecule has 0 bridgehead atoms. The van der Waals surface area contributed by atoms with E-state index in [1.165, 1.54) is 18.9 Å². The maximum Gasteiger partial charge on any atom is 0.337 e. The van der Waals surface area contributed by atoms with Crippen molar-refractivity contribution in [2.75, 3.05) is 20.3 Å². The highest BCUT2D eigenvalue weighted by Gasteiger charge is 2.48. The van der Waals surface area contributed by atoms with Crippen molar-refractivity contribution in [3.8, 4) is 5.75 Å². The number of esters is 1. The summed E-state index contributed by atoms with van der Waals surface area (Å²) in [6, 6.07) is 5.63. The molecule has 0 saturated heterocycles. The normalized spacial score (nSPS) is 13.6. The Kier molecular flexibility index (Phi) is 21.4. The van der Waals surface area contributed by atoms with E-state index >= 15 is 0 Å². The molecule has 1 rings (SSSR count). The molecule has 0 aliphatic carbocycles. The highest BCUT2D eigenvalue weighted by molar-refractivity contribution is 5.96. The molecular weight excluding hydrogens is 630 g/mol. The molecule has 274 valence electrons. The zero-order valence-corrected chi connectivity index (χ0v) is 29.7. The lowest BCUT2D eigenvalue weighted by Crippen LogP contribution is -2.55. The van der Waals surface area contributed by atoms with Gasteiger partial charge in [-0.25, -0.2) is 9.59 Å². The van der Waals surface area contributed by atoms with E-state index in [4.69, 9.17) is 9.47 Å². The molecule has 11 heteroatoms. The number of ketones is 2. The van der Waals surface area contributed by atoms with E-state index in [2.05, 4.69) is 12.2 Å². The van der Waals surface area contributed by atoms with E-state index in [1.54, 1.807) is 30.3 Å². The molecule has 1 aromatic carbocycles. The molecule has 3 atom stereocenters. The van der Waals surface area contributed by atoms with Gasteiger partial charge in [-0.05, 0) is 63.3 Å². The van der Waals surface area contributed by atoms with Gasteiger partial charge in [-0.3, -0.25) is 14.4 Å². The molecule has 4 N–H and O–H groups in total. The molecule has 0 fully saturated rings. The Balaban J connectivity index is 2.94. The van der Waals surface area contributed by atoms with Gasteiger partial charge in [0.1, 0.15) is 30.8 Å². The van der Waals surface area contributed by atoms with Gasteiger partial charge in [0.2, 0.25) is 5.91 Å². The second kappa shape index (κ2) is 24.3. The first-order valence-electron chi connectivity index (χ1n) is 17.4. The Morgan fingerprint density at radius 3 is 2.06 bits per heavy atom. The molecule has 0 spiro atoms. The first-order valence-corrected chi connectivity index (χ1v) is 17.4. The number of aliphatic hydroxyl groups is 2. The van der Waals surface area contributed by atoms with E-state index < -0.39 is 54.2 Å². The number of Topliss-reactive ketones (excluding diaryl/α,β-unsaturated/α-hetero) is 2. The first kappa shape index (κ1) is 43.2. The number of amides is 1.